The number of carbonyl (C=O) groups is 1. The Labute approximate surface area is 114 Å². The van der Waals surface area contributed by atoms with E-state index in [0.717, 1.165) is 29.8 Å². The summed E-state index contributed by atoms with van der Waals surface area (Å²) < 4.78 is 5.42. The topological polar surface area (TPSA) is 64.3 Å². The molecule has 19 heavy (non-hydrogen) atoms. The summed E-state index contributed by atoms with van der Waals surface area (Å²) in [5.74, 6) is 1.02. The van der Waals surface area contributed by atoms with Crippen molar-refractivity contribution in [3.8, 4) is 5.75 Å². The van der Waals surface area contributed by atoms with E-state index in [2.05, 4.69) is 5.32 Å². The van der Waals surface area contributed by atoms with E-state index in [4.69, 9.17) is 10.5 Å². The minimum atomic E-state index is -0.773. The van der Waals surface area contributed by atoms with Gasteiger partial charge in [-0.2, -0.15) is 0 Å². The molecule has 1 aliphatic carbocycles. The molecule has 0 heterocycles. The minimum absolute atomic E-state index is 0.109. The van der Waals surface area contributed by atoms with Crippen LogP contribution in [0.3, 0.4) is 0 Å². The van der Waals surface area contributed by atoms with Gasteiger partial charge in [0.05, 0.1) is 12.1 Å². The Morgan fingerprint density at radius 2 is 2.21 bits per heavy atom. The van der Waals surface area contributed by atoms with Crippen molar-refractivity contribution in [3.63, 3.8) is 0 Å². The molecule has 1 aromatic rings. The summed E-state index contributed by atoms with van der Waals surface area (Å²) in [7, 11) is 0. The normalized spacial score (nSPS) is 17.7. The van der Waals surface area contributed by atoms with E-state index >= 15 is 0 Å². The third kappa shape index (κ3) is 3.07. The zero-order valence-corrected chi connectivity index (χ0v) is 11.8. The quantitative estimate of drug-likeness (QED) is 0.856. The zero-order valence-electron chi connectivity index (χ0n) is 11.8. The molecule has 1 saturated carbocycles. The summed E-state index contributed by atoms with van der Waals surface area (Å²) in [5.41, 5.74) is 7.11. The lowest BCUT2D eigenvalue weighted by atomic mass is 9.96. The molecule has 1 amide bonds. The van der Waals surface area contributed by atoms with Gasteiger partial charge in [0.15, 0.2) is 0 Å². The summed E-state index contributed by atoms with van der Waals surface area (Å²) in [6, 6.07) is 5.64. The SMILES string of the molecule is CCOc1ccc(NC(=O)C(C)(N)C2CC2)c(C)c1. The minimum Gasteiger partial charge on any atom is -0.494 e. The highest BCUT2D eigenvalue weighted by molar-refractivity contribution is 5.98. The maximum atomic E-state index is 12.2. The number of anilines is 1. The van der Waals surface area contributed by atoms with Crippen LogP contribution in [0.25, 0.3) is 0 Å². The molecule has 0 saturated heterocycles. The summed E-state index contributed by atoms with van der Waals surface area (Å²) in [5, 5.41) is 2.92. The van der Waals surface area contributed by atoms with E-state index in [1.54, 1.807) is 0 Å². The van der Waals surface area contributed by atoms with E-state index < -0.39 is 5.54 Å². The van der Waals surface area contributed by atoms with Gasteiger partial charge < -0.3 is 15.8 Å². The number of hydrogen-bond donors (Lipinski definition) is 2. The largest absolute Gasteiger partial charge is 0.494 e. The van der Waals surface area contributed by atoms with E-state index in [9.17, 15) is 4.79 Å². The maximum absolute atomic E-state index is 12.2. The van der Waals surface area contributed by atoms with E-state index in [1.165, 1.54) is 0 Å². The van der Waals surface area contributed by atoms with Crippen molar-refractivity contribution in [1.29, 1.82) is 0 Å². The number of carbonyl (C=O) groups excluding carboxylic acids is 1. The Hall–Kier alpha value is -1.55. The molecule has 1 aliphatic rings. The van der Waals surface area contributed by atoms with Gasteiger partial charge in [0, 0.05) is 5.69 Å². The molecule has 1 atom stereocenters. The molecule has 0 aliphatic heterocycles. The van der Waals surface area contributed by atoms with Crippen LogP contribution in [0.4, 0.5) is 5.69 Å². The molecule has 0 radical (unpaired) electrons. The zero-order chi connectivity index (χ0) is 14.0. The molecule has 2 rings (SSSR count). The number of benzene rings is 1. The smallest absolute Gasteiger partial charge is 0.244 e. The van der Waals surface area contributed by atoms with Crippen molar-refractivity contribution in [2.24, 2.45) is 11.7 Å². The van der Waals surface area contributed by atoms with Crippen LogP contribution in [0.15, 0.2) is 18.2 Å². The van der Waals surface area contributed by atoms with Crippen LogP contribution in [0.1, 0.15) is 32.3 Å². The fourth-order valence-electron chi connectivity index (χ4n) is 2.16. The first-order valence-electron chi connectivity index (χ1n) is 6.79. The fourth-order valence-corrected chi connectivity index (χ4v) is 2.16. The molecular weight excluding hydrogens is 240 g/mol. The van der Waals surface area contributed by atoms with Crippen molar-refractivity contribution in [1.82, 2.24) is 0 Å². The van der Waals surface area contributed by atoms with Crippen molar-refractivity contribution >= 4 is 11.6 Å². The van der Waals surface area contributed by atoms with Crippen LogP contribution < -0.4 is 15.8 Å². The van der Waals surface area contributed by atoms with Crippen LogP contribution in [0.2, 0.25) is 0 Å². The second kappa shape index (κ2) is 5.21. The molecule has 4 nitrogen and oxygen atoms in total. The third-order valence-corrected chi connectivity index (χ3v) is 3.67. The van der Waals surface area contributed by atoms with Gasteiger partial charge in [-0.15, -0.1) is 0 Å². The predicted molar refractivity (Wildman–Crippen MR) is 76.3 cm³/mol. The van der Waals surface area contributed by atoms with Gasteiger partial charge in [-0.1, -0.05) is 0 Å². The highest BCUT2D eigenvalue weighted by Gasteiger charge is 2.44. The number of ether oxygens (including phenoxy) is 1. The lowest BCUT2D eigenvalue weighted by molar-refractivity contribution is -0.121. The second-order valence-corrected chi connectivity index (χ2v) is 5.42. The van der Waals surface area contributed by atoms with Gasteiger partial charge in [0.25, 0.3) is 0 Å². The number of nitrogens with one attached hydrogen (secondary N) is 1. The Balaban J connectivity index is 2.08. The summed E-state index contributed by atoms with van der Waals surface area (Å²) in [4.78, 5) is 12.2. The number of hydrogen-bond acceptors (Lipinski definition) is 3. The van der Waals surface area contributed by atoms with Crippen LogP contribution in [-0.4, -0.2) is 18.1 Å². The molecule has 104 valence electrons. The monoisotopic (exact) mass is 262 g/mol. The van der Waals surface area contributed by atoms with Gasteiger partial charge in [0.2, 0.25) is 5.91 Å². The van der Waals surface area contributed by atoms with Gasteiger partial charge in [-0.3, -0.25) is 4.79 Å². The summed E-state index contributed by atoms with van der Waals surface area (Å²) in [6.07, 6.45) is 2.09. The average molecular weight is 262 g/mol. The van der Waals surface area contributed by atoms with Gasteiger partial charge in [0.1, 0.15) is 5.75 Å². The molecule has 0 bridgehead atoms. The van der Waals surface area contributed by atoms with Crippen molar-refractivity contribution in [2.75, 3.05) is 11.9 Å². The van der Waals surface area contributed by atoms with Crippen LogP contribution in [0.5, 0.6) is 5.75 Å². The molecule has 3 N–H and O–H groups in total. The third-order valence-electron chi connectivity index (χ3n) is 3.67. The highest BCUT2D eigenvalue weighted by Crippen LogP contribution is 2.38. The molecule has 0 spiro atoms. The van der Waals surface area contributed by atoms with Gasteiger partial charge >= 0.3 is 0 Å². The lowest BCUT2D eigenvalue weighted by Gasteiger charge is -2.23. The molecule has 4 heteroatoms. The molecular formula is C15H22N2O2. The van der Waals surface area contributed by atoms with Crippen LogP contribution in [0, 0.1) is 12.8 Å². The highest BCUT2D eigenvalue weighted by atomic mass is 16.5. The Kier molecular flexibility index (Phi) is 3.80. The first-order valence-corrected chi connectivity index (χ1v) is 6.79. The number of amides is 1. The predicted octanol–water partition coefficient (Wildman–Crippen LogP) is 2.46. The van der Waals surface area contributed by atoms with Crippen LogP contribution >= 0.6 is 0 Å². The first kappa shape index (κ1) is 13.9. The fraction of sp³-hybridized carbons (Fsp3) is 0.533. The summed E-state index contributed by atoms with van der Waals surface area (Å²) >= 11 is 0. The number of rotatable bonds is 5. The average Bonchev–Trinajstić information content (AvgIpc) is 3.17. The van der Waals surface area contributed by atoms with Gasteiger partial charge in [-0.25, -0.2) is 0 Å². The summed E-state index contributed by atoms with van der Waals surface area (Å²) in [6.45, 7) is 6.33. The van der Waals surface area contributed by atoms with Crippen molar-refractivity contribution in [3.05, 3.63) is 23.8 Å². The van der Waals surface area contributed by atoms with Crippen molar-refractivity contribution in [2.45, 2.75) is 39.2 Å². The Bertz CT molecular complexity index is 479. The Morgan fingerprint density at radius 3 is 2.74 bits per heavy atom. The Morgan fingerprint density at radius 1 is 1.53 bits per heavy atom. The first-order chi connectivity index (χ1) is 8.95. The second-order valence-electron chi connectivity index (χ2n) is 5.42. The standard InChI is InChI=1S/C15H22N2O2/c1-4-19-12-7-8-13(10(2)9-12)17-14(18)15(3,16)11-5-6-11/h7-9,11H,4-6,16H2,1-3H3,(H,17,18). The van der Waals surface area contributed by atoms with Crippen molar-refractivity contribution < 1.29 is 9.53 Å². The number of aryl methyl sites for hydroxylation is 1. The van der Waals surface area contributed by atoms with E-state index in [-0.39, 0.29) is 5.91 Å². The maximum Gasteiger partial charge on any atom is 0.244 e. The van der Waals surface area contributed by atoms with E-state index in [1.807, 2.05) is 39.0 Å². The van der Waals surface area contributed by atoms with Gasteiger partial charge in [-0.05, 0) is 63.3 Å². The molecule has 1 aromatic carbocycles. The molecule has 1 fully saturated rings. The lowest BCUT2D eigenvalue weighted by Crippen LogP contribution is -2.50. The molecule has 1 unspecified atom stereocenters. The van der Waals surface area contributed by atoms with E-state index in [0.29, 0.717) is 12.5 Å². The number of nitrogens with two attached hydrogens (primary N) is 1. The molecule has 0 aromatic heterocycles. The van der Waals surface area contributed by atoms with Crippen LogP contribution in [-0.2, 0) is 4.79 Å².